The van der Waals surface area contributed by atoms with Crippen molar-refractivity contribution in [3.8, 4) is 0 Å². The number of alkyl halides is 1. The molecule has 1 saturated carbocycles. The average Bonchev–Trinajstić information content (AvgIpc) is 2.73. The van der Waals surface area contributed by atoms with Crippen molar-refractivity contribution < 1.29 is 9.18 Å². The van der Waals surface area contributed by atoms with Crippen LogP contribution in [-0.4, -0.2) is 42.7 Å². The smallest absolute Gasteiger partial charge is 0.237 e. The molecule has 0 spiro atoms. The van der Waals surface area contributed by atoms with Gasteiger partial charge in [-0.25, -0.2) is 4.39 Å². The molecule has 0 aromatic carbocycles. The Morgan fingerprint density at radius 2 is 2.21 bits per heavy atom. The fourth-order valence-corrected chi connectivity index (χ4v) is 2.55. The molecule has 0 bridgehead atoms. The molecule has 3 atom stereocenters. The monoisotopic (exact) mass is 200 g/mol. The largest absolute Gasteiger partial charge is 0.355 e. The molecule has 1 heterocycles. The van der Waals surface area contributed by atoms with Gasteiger partial charge in [0.1, 0.15) is 6.17 Å². The summed E-state index contributed by atoms with van der Waals surface area (Å²) in [5, 5.41) is 2.79. The zero-order valence-corrected chi connectivity index (χ0v) is 8.50. The minimum atomic E-state index is -0.742. The summed E-state index contributed by atoms with van der Waals surface area (Å²) in [5.74, 6) is 0.0617. The molecule has 1 aliphatic carbocycles. The number of rotatable bonds is 2. The predicted octanol–water partition coefficient (Wildman–Crippen LogP) is 0.697. The van der Waals surface area contributed by atoms with E-state index in [1.54, 1.807) is 0 Å². The van der Waals surface area contributed by atoms with Crippen LogP contribution >= 0.6 is 0 Å². The Bertz CT molecular complexity index is 234. The number of likely N-dealkylation sites (N-methyl/N-ethyl adjacent to an activating group) is 1. The van der Waals surface area contributed by atoms with Gasteiger partial charge in [-0.3, -0.25) is 9.69 Å². The second-order valence-corrected chi connectivity index (χ2v) is 4.28. The predicted molar refractivity (Wildman–Crippen MR) is 51.7 cm³/mol. The first-order valence-electron chi connectivity index (χ1n) is 5.34. The second kappa shape index (κ2) is 3.85. The van der Waals surface area contributed by atoms with Crippen LogP contribution in [0.4, 0.5) is 4.39 Å². The van der Waals surface area contributed by atoms with Gasteiger partial charge in [0, 0.05) is 12.6 Å². The Labute approximate surface area is 83.6 Å². The van der Waals surface area contributed by atoms with E-state index >= 15 is 0 Å². The van der Waals surface area contributed by atoms with Gasteiger partial charge < -0.3 is 5.32 Å². The van der Waals surface area contributed by atoms with Gasteiger partial charge in [0.2, 0.25) is 5.91 Å². The first kappa shape index (κ1) is 9.90. The molecule has 2 aliphatic rings. The Balaban J connectivity index is 1.99. The van der Waals surface area contributed by atoms with Crippen LogP contribution in [0.15, 0.2) is 0 Å². The normalized spacial score (nSPS) is 37.9. The van der Waals surface area contributed by atoms with E-state index in [1.807, 2.05) is 11.9 Å². The lowest BCUT2D eigenvalue weighted by molar-refractivity contribution is -0.124. The third-order valence-electron chi connectivity index (χ3n) is 3.43. The van der Waals surface area contributed by atoms with Gasteiger partial charge in [0.25, 0.3) is 0 Å². The van der Waals surface area contributed by atoms with E-state index in [2.05, 4.69) is 5.32 Å². The van der Waals surface area contributed by atoms with E-state index in [-0.39, 0.29) is 18.0 Å². The fourth-order valence-electron chi connectivity index (χ4n) is 2.55. The average molecular weight is 200 g/mol. The summed E-state index contributed by atoms with van der Waals surface area (Å²) in [4.78, 5) is 13.3. The topological polar surface area (TPSA) is 32.3 Å². The summed E-state index contributed by atoms with van der Waals surface area (Å²) in [5.41, 5.74) is 0. The maximum Gasteiger partial charge on any atom is 0.237 e. The number of hydrogen-bond acceptors (Lipinski definition) is 2. The van der Waals surface area contributed by atoms with Gasteiger partial charge in [0.15, 0.2) is 0 Å². The van der Waals surface area contributed by atoms with Crippen molar-refractivity contribution in [1.82, 2.24) is 10.2 Å². The lowest BCUT2D eigenvalue weighted by Crippen LogP contribution is -2.46. The van der Waals surface area contributed by atoms with E-state index in [4.69, 9.17) is 0 Å². The van der Waals surface area contributed by atoms with Crippen LogP contribution in [0.1, 0.15) is 25.7 Å². The van der Waals surface area contributed by atoms with Crippen LogP contribution in [0.25, 0.3) is 0 Å². The minimum Gasteiger partial charge on any atom is -0.355 e. The van der Waals surface area contributed by atoms with Gasteiger partial charge in [0.05, 0.1) is 6.04 Å². The molecular formula is C10H17FN2O. The quantitative estimate of drug-likeness (QED) is 0.711. The van der Waals surface area contributed by atoms with E-state index < -0.39 is 6.17 Å². The molecule has 1 N–H and O–H groups in total. The zero-order valence-electron chi connectivity index (χ0n) is 8.50. The van der Waals surface area contributed by atoms with Crippen LogP contribution < -0.4 is 5.32 Å². The summed E-state index contributed by atoms with van der Waals surface area (Å²) in [6.45, 7) is 0.734. The number of carbonyl (C=O) groups is 1. The summed E-state index contributed by atoms with van der Waals surface area (Å²) in [6, 6.07) is -0.139. The first-order valence-corrected chi connectivity index (χ1v) is 5.34. The number of carbonyl (C=O) groups excluding carboxylic acids is 1. The maximum atomic E-state index is 13.4. The van der Waals surface area contributed by atoms with Crippen LogP contribution in [0.3, 0.4) is 0 Å². The highest BCUT2D eigenvalue weighted by molar-refractivity contribution is 5.83. The van der Waals surface area contributed by atoms with Crippen molar-refractivity contribution >= 4 is 5.91 Å². The van der Waals surface area contributed by atoms with Crippen molar-refractivity contribution in [1.29, 1.82) is 0 Å². The Hall–Kier alpha value is -0.640. The summed E-state index contributed by atoms with van der Waals surface area (Å²) in [7, 11) is 1.87. The molecule has 3 nitrogen and oxygen atoms in total. The fraction of sp³-hybridized carbons (Fsp3) is 0.900. The molecule has 1 saturated heterocycles. The standard InChI is InChI=1S/C10H17FN2O/c1-13(8-4-2-3-7(8)11)9-5-6-12-10(9)14/h7-9H,2-6H2,1H3,(H,12,14). The molecule has 0 aromatic heterocycles. The van der Waals surface area contributed by atoms with E-state index in [0.717, 1.165) is 25.8 Å². The minimum absolute atomic E-state index is 0.0381. The zero-order chi connectivity index (χ0) is 10.1. The van der Waals surface area contributed by atoms with Gasteiger partial charge in [-0.15, -0.1) is 0 Å². The Morgan fingerprint density at radius 1 is 1.43 bits per heavy atom. The third kappa shape index (κ3) is 1.63. The van der Waals surface area contributed by atoms with Crippen molar-refractivity contribution in [2.45, 2.75) is 43.9 Å². The van der Waals surface area contributed by atoms with Crippen molar-refractivity contribution in [2.75, 3.05) is 13.6 Å². The lowest BCUT2D eigenvalue weighted by Gasteiger charge is -2.29. The molecule has 80 valence electrons. The van der Waals surface area contributed by atoms with Crippen molar-refractivity contribution in [3.63, 3.8) is 0 Å². The van der Waals surface area contributed by atoms with Crippen LogP contribution in [0, 0.1) is 0 Å². The number of amides is 1. The Kier molecular flexibility index (Phi) is 2.72. The third-order valence-corrected chi connectivity index (χ3v) is 3.43. The summed E-state index contributed by atoms with van der Waals surface area (Å²) < 4.78 is 13.4. The van der Waals surface area contributed by atoms with E-state index in [0.29, 0.717) is 6.42 Å². The van der Waals surface area contributed by atoms with Crippen molar-refractivity contribution in [3.05, 3.63) is 0 Å². The molecule has 2 fully saturated rings. The molecule has 0 aromatic rings. The van der Waals surface area contributed by atoms with E-state index in [9.17, 15) is 9.18 Å². The van der Waals surface area contributed by atoms with Crippen molar-refractivity contribution in [2.24, 2.45) is 0 Å². The van der Waals surface area contributed by atoms with Gasteiger partial charge in [-0.1, -0.05) is 0 Å². The van der Waals surface area contributed by atoms with Gasteiger partial charge >= 0.3 is 0 Å². The molecule has 14 heavy (non-hydrogen) atoms. The number of nitrogens with zero attached hydrogens (tertiary/aromatic N) is 1. The molecule has 2 rings (SSSR count). The SMILES string of the molecule is CN(C1CCNC1=O)C1CCCC1F. The number of nitrogens with one attached hydrogen (secondary N) is 1. The highest BCUT2D eigenvalue weighted by Crippen LogP contribution is 2.28. The van der Waals surface area contributed by atoms with Gasteiger partial charge in [-0.05, 0) is 32.7 Å². The number of hydrogen-bond donors (Lipinski definition) is 1. The molecule has 1 amide bonds. The molecule has 3 unspecified atom stereocenters. The Morgan fingerprint density at radius 3 is 2.71 bits per heavy atom. The van der Waals surface area contributed by atoms with E-state index in [1.165, 1.54) is 0 Å². The van der Waals surface area contributed by atoms with Gasteiger partial charge in [-0.2, -0.15) is 0 Å². The highest BCUT2D eigenvalue weighted by atomic mass is 19.1. The van der Waals surface area contributed by atoms with Crippen LogP contribution in [0.2, 0.25) is 0 Å². The lowest BCUT2D eigenvalue weighted by atomic mass is 10.1. The van der Waals surface area contributed by atoms with Crippen LogP contribution in [0.5, 0.6) is 0 Å². The second-order valence-electron chi connectivity index (χ2n) is 4.28. The highest BCUT2D eigenvalue weighted by Gasteiger charge is 2.37. The van der Waals surface area contributed by atoms with Crippen LogP contribution in [-0.2, 0) is 4.79 Å². The summed E-state index contributed by atoms with van der Waals surface area (Å²) >= 11 is 0. The molecule has 0 radical (unpaired) electrons. The maximum absolute atomic E-state index is 13.4. The summed E-state index contributed by atoms with van der Waals surface area (Å²) in [6.07, 6.45) is 2.57. The molecular weight excluding hydrogens is 183 g/mol. The molecule has 4 heteroatoms. The first-order chi connectivity index (χ1) is 6.70. The molecule has 1 aliphatic heterocycles. The number of halogens is 1.